The molecule has 0 aliphatic carbocycles. The zero-order valence-electron chi connectivity index (χ0n) is 13.5. The number of benzene rings is 2. The van der Waals surface area contributed by atoms with Crippen molar-refractivity contribution < 1.29 is 12.8 Å². The number of pyridine rings is 1. The Labute approximate surface area is 149 Å². The minimum Gasteiger partial charge on any atom is -0.306 e. The van der Waals surface area contributed by atoms with Crippen molar-refractivity contribution in [2.45, 2.75) is 4.90 Å². The molecule has 0 bridgehead atoms. The first-order valence-corrected chi connectivity index (χ1v) is 9.32. The maximum atomic E-state index is 13.0. The number of rotatable bonds is 4. The van der Waals surface area contributed by atoms with E-state index < -0.39 is 15.8 Å². The van der Waals surface area contributed by atoms with Gasteiger partial charge in [-0.3, -0.25) is 4.72 Å². The molecule has 0 fully saturated rings. The molecule has 26 heavy (non-hydrogen) atoms. The Morgan fingerprint density at radius 1 is 0.923 bits per heavy atom. The van der Waals surface area contributed by atoms with E-state index in [1.807, 2.05) is 35.0 Å². The average Bonchev–Trinajstić information content (AvgIpc) is 3.06. The molecule has 0 saturated carbocycles. The van der Waals surface area contributed by atoms with Crippen LogP contribution in [0.4, 0.5) is 10.1 Å². The predicted molar refractivity (Wildman–Crippen MR) is 97.8 cm³/mol. The molecule has 0 unspecified atom stereocenters. The van der Waals surface area contributed by atoms with Gasteiger partial charge in [-0.25, -0.2) is 17.8 Å². The molecule has 1 N–H and O–H groups in total. The van der Waals surface area contributed by atoms with Crippen molar-refractivity contribution in [2.75, 3.05) is 4.72 Å². The Balaban J connectivity index is 1.58. The molecule has 2 aromatic carbocycles. The summed E-state index contributed by atoms with van der Waals surface area (Å²) in [6, 6.07) is 17.4. The number of hydrogen-bond donors (Lipinski definition) is 1. The molecule has 0 aliphatic rings. The third-order valence-electron chi connectivity index (χ3n) is 3.92. The third kappa shape index (κ3) is 3.16. The largest absolute Gasteiger partial charge is 0.306 e. The molecule has 2 heterocycles. The molecule has 0 radical (unpaired) electrons. The SMILES string of the molecule is O=S(=O)(Nc1ccc(-c2cn3ccccc3n2)cc1)c1ccc(F)cc1. The van der Waals surface area contributed by atoms with E-state index >= 15 is 0 Å². The number of imidazole rings is 1. The first kappa shape index (κ1) is 16.3. The van der Waals surface area contributed by atoms with Crippen molar-refractivity contribution in [3.05, 3.63) is 84.9 Å². The molecule has 0 amide bonds. The van der Waals surface area contributed by atoms with Crippen molar-refractivity contribution in [2.24, 2.45) is 0 Å². The predicted octanol–water partition coefficient (Wildman–Crippen LogP) is 3.94. The Kier molecular flexibility index (Phi) is 3.93. The van der Waals surface area contributed by atoms with Crippen molar-refractivity contribution in [3.63, 3.8) is 0 Å². The Morgan fingerprint density at radius 3 is 2.35 bits per heavy atom. The van der Waals surface area contributed by atoms with Gasteiger partial charge in [0, 0.05) is 23.6 Å². The molecule has 0 aliphatic heterocycles. The first-order valence-electron chi connectivity index (χ1n) is 7.84. The van der Waals surface area contributed by atoms with Crippen LogP contribution in [-0.4, -0.2) is 17.8 Å². The number of hydrogen-bond acceptors (Lipinski definition) is 3. The van der Waals surface area contributed by atoms with E-state index in [9.17, 15) is 12.8 Å². The maximum absolute atomic E-state index is 13.0. The lowest BCUT2D eigenvalue weighted by atomic mass is 10.1. The number of anilines is 1. The molecule has 5 nitrogen and oxygen atoms in total. The topological polar surface area (TPSA) is 63.5 Å². The zero-order chi connectivity index (χ0) is 18.1. The summed E-state index contributed by atoms with van der Waals surface area (Å²) in [5, 5.41) is 0. The quantitative estimate of drug-likeness (QED) is 0.594. The summed E-state index contributed by atoms with van der Waals surface area (Å²) in [5.41, 5.74) is 2.92. The number of sulfonamides is 1. The van der Waals surface area contributed by atoms with E-state index in [2.05, 4.69) is 9.71 Å². The van der Waals surface area contributed by atoms with Crippen LogP contribution in [0.3, 0.4) is 0 Å². The van der Waals surface area contributed by atoms with Crippen LogP contribution in [0.15, 0.2) is 84.0 Å². The van der Waals surface area contributed by atoms with E-state index in [0.29, 0.717) is 5.69 Å². The van der Waals surface area contributed by atoms with Crippen LogP contribution in [-0.2, 0) is 10.0 Å². The van der Waals surface area contributed by atoms with Gasteiger partial charge in [0.25, 0.3) is 10.0 Å². The van der Waals surface area contributed by atoms with Crippen LogP contribution in [0.1, 0.15) is 0 Å². The monoisotopic (exact) mass is 367 g/mol. The van der Waals surface area contributed by atoms with Crippen LogP contribution < -0.4 is 4.72 Å². The van der Waals surface area contributed by atoms with Crippen LogP contribution in [0.5, 0.6) is 0 Å². The molecule has 4 aromatic rings. The fourth-order valence-electron chi connectivity index (χ4n) is 2.61. The number of aromatic nitrogens is 2. The van der Waals surface area contributed by atoms with E-state index in [4.69, 9.17) is 0 Å². The molecule has 7 heteroatoms. The van der Waals surface area contributed by atoms with Crippen LogP contribution >= 0.6 is 0 Å². The summed E-state index contributed by atoms with van der Waals surface area (Å²) in [4.78, 5) is 4.53. The van der Waals surface area contributed by atoms with E-state index in [1.165, 1.54) is 12.1 Å². The lowest BCUT2D eigenvalue weighted by Crippen LogP contribution is -2.12. The second kappa shape index (κ2) is 6.27. The van der Waals surface area contributed by atoms with Crippen molar-refractivity contribution in [3.8, 4) is 11.3 Å². The van der Waals surface area contributed by atoms with Crippen molar-refractivity contribution in [1.82, 2.24) is 9.38 Å². The molecule has 0 atom stereocenters. The Morgan fingerprint density at radius 2 is 1.65 bits per heavy atom. The van der Waals surface area contributed by atoms with Gasteiger partial charge >= 0.3 is 0 Å². The molecule has 130 valence electrons. The van der Waals surface area contributed by atoms with Gasteiger partial charge in [-0.2, -0.15) is 0 Å². The van der Waals surface area contributed by atoms with Crippen LogP contribution in [0.25, 0.3) is 16.9 Å². The lowest BCUT2D eigenvalue weighted by Gasteiger charge is -2.08. The highest BCUT2D eigenvalue weighted by molar-refractivity contribution is 7.92. The van der Waals surface area contributed by atoms with Gasteiger partial charge in [0.1, 0.15) is 11.5 Å². The number of nitrogens with zero attached hydrogens (tertiary/aromatic N) is 2. The molecule has 0 spiro atoms. The highest BCUT2D eigenvalue weighted by Crippen LogP contribution is 2.23. The Hall–Kier alpha value is -3.19. The van der Waals surface area contributed by atoms with Crippen molar-refractivity contribution in [1.29, 1.82) is 0 Å². The van der Waals surface area contributed by atoms with Gasteiger partial charge < -0.3 is 4.40 Å². The summed E-state index contributed by atoms with van der Waals surface area (Å²) < 4.78 is 42.0. The second-order valence-electron chi connectivity index (χ2n) is 5.73. The lowest BCUT2D eigenvalue weighted by molar-refractivity contribution is 0.599. The van der Waals surface area contributed by atoms with Gasteiger partial charge in [0.15, 0.2) is 0 Å². The van der Waals surface area contributed by atoms with Gasteiger partial charge in [-0.05, 0) is 48.5 Å². The van der Waals surface area contributed by atoms with E-state index in [0.717, 1.165) is 29.0 Å². The highest BCUT2D eigenvalue weighted by atomic mass is 32.2. The maximum Gasteiger partial charge on any atom is 0.261 e. The normalized spacial score (nSPS) is 11.6. The average molecular weight is 367 g/mol. The number of halogens is 1. The summed E-state index contributed by atoms with van der Waals surface area (Å²) in [5.74, 6) is -0.485. The molecule has 0 saturated heterocycles. The zero-order valence-corrected chi connectivity index (χ0v) is 14.3. The minimum atomic E-state index is -3.76. The van der Waals surface area contributed by atoms with Gasteiger partial charge in [0.2, 0.25) is 0 Å². The fraction of sp³-hybridized carbons (Fsp3) is 0. The third-order valence-corrected chi connectivity index (χ3v) is 5.32. The molecule has 2 aromatic heterocycles. The van der Waals surface area contributed by atoms with E-state index in [-0.39, 0.29) is 4.90 Å². The van der Waals surface area contributed by atoms with Gasteiger partial charge in [-0.1, -0.05) is 18.2 Å². The Bertz CT molecular complexity index is 1130. The standard InChI is InChI=1S/C19H14FN3O2S/c20-15-6-10-17(11-7-15)26(24,25)22-16-8-4-14(5-9-16)18-13-23-12-2-1-3-19(23)21-18/h1-13,22H. The molecular weight excluding hydrogens is 353 g/mol. The summed E-state index contributed by atoms with van der Waals surface area (Å²) >= 11 is 0. The fourth-order valence-corrected chi connectivity index (χ4v) is 3.67. The smallest absolute Gasteiger partial charge is 0.261 e. The molecule has 4 rings (SSSR count). The van der Waals surface area contributed by atoms with Gasteiger partial charge in [0.05, 0.1) is 10.6 Å². The summed E-state index contributed by atoms with van der Waals surface area (Å²) in [6.45, 7) is 0. The van der Waals surface area contributed by atoms with Crippen LogP contribution in [0.2, 0.25) is 0 Å². The van der Waals surface area contributed by atoms with Gasteiger partial charge in [-0.15, -0.1) is 0 Å². The second-order valence-corrected chi connectivity index (χ2v) is 7.41. The summed E-state index contributed by atoms with van der Waals surface area (Å²) in [6.07, 6.45) is 3.82. The highest BCUT2D eigenvalue weighted by Gasteiger charge is 2.14. The summed E-state index contributed by atoms with van der Waals surface area (Å²) in [7, 11) is -3.76. The number of fused-ring (bicyclic) bond motifs is 1. The van der Waals surface area contributed by atoms with E-state index in [1.54, 1.807) is 24.3 Å². The molecular formula is C19H14FN3O2S. The minimum absolute atomic E-state index is 0.00308. The first-order chi connectivity index (χ1) is 12.5. The van der Waals surface area contributed by atoms with Crippen molar-refractivity contribution >= 4 is 21.4 Å². The van der Waals surface area contributed by atoms with Crippen LogP contribution in [0, 0.1) is 5.82 Å². The number of nitrogens with one attached hydrogen (secondary N) is 1.